The van der Waals surface area contributed by atoms with Gasteiger partial charge in [0.1, 0.15) is 5.56 Å². The summed E-state index contributed by atoms with van der Waals surface area (Å²) in [5, 5.41) is 12.2. The maximum atomic E-state index is 13.4. The van der Waals surface area contributed by atoms with E-state index in [0.29, 0.717) is 24.3 Å². The fraction of sp³-hybridized carbons (Fsp3) is 0.0741. The van der Waals surface area contributed by atoms with Crippen LogP contribution in [-0.2, 0) is 6.42 Å². The molecule has 2 N–H and O–H groups in total. The van der Waals surface area contributed by atoms with E-state index in [4.69, 9.17) is 12.2 Å². The molecule has 0 aliphatic carbocycles. The molecule has 3 aromatic carbocycles. The van der Waals surface area contributed by atoms with E-state index in [1.807, 2.05) is 85.1 Å². The summed E-state index contributed by atoms with van der Waals surface area (Å²) in [7, 11) is 0. The van der Waals surface area contributed by atoms with Crippen molar-refractivity contribution >= 4 is 29.3 Å². The third-order valence-corrected chi connectivity index (χ3v) is 6.07. The number of para-hydroxylation sites is 3. The highest BCUT2D eigenvalue weighted by molar-refractivity contribution is 7.71. The van der Waals surface area contributed by atoms with Gasteiger partial charge in [-0.15, -0.1) is 0 Å². The fourth-order valence-electron chi connectivity index (χ4n) is 4.02. The molecule has 0 unspecified atom stereocenters. The first-order valence-electron chi connectivity index (χ1n) is 10.9. The van der Waals surface area contributed by atoms with Crippen LogP contribution < -0.4 is 5.56 Å². The zero-order valence-electron chi connectivity index (χ0n) is 18.3. The summed E-state index contributed by atoms with van der Waals surface area (Å²) in [6.07, 6.45) is 4.13. The van der Waals surface area contributed by atoms with Gasteiger partial charge in [0, 0.05) is 29.9 Å². The van der Waals surface area contributed by atoms with Crippen molar-refractivity contribution in [1.29, 1.82) is 0 Å². The van der Waals surface area contributed by atoms with Gasteiger partial charge in [-0.3, -0.25) is 18.9 Å². The molecular weight excluding hydrogens is 444 g/mol. The van der Waals surface area contributed by atoms with Crippen LogP contribution >= 0.6 is 12.2 Å². The standard InChI is InChI=1S/C27H22N4O2S/c32-25-23(18-28-16-15-19-17-29-24-14-8-7-13-22(19)24)26(33)31(21-11-5-2-6-12-21)27(34)30(25)20-9-3-1-4-10-20/h1-14,17-18,29,32H,15-16H2. The van der Waals surface area contributed by atoms with Crippen molar-refractivity contribution in [3.63, 3.8) is 0 Å². The van der Waals surface area contributed by atoms with Crippen molar-refractivity contribution in [2.45, 2.75) is 6.42 Å². The molecule has 0 bridgehead atoms. The van der Waals surface area contributed by atoms with Crippen LogP contribution in [-0.4, -0.2) is 32.0 Å². The Morgan fingerprint density at radius 1 is 0.882 bits per heavy atom. The average molecular weight is 467 g/mol. The lowest BCUT2D eigenvalue weighted by Crippen LogP contribution is -2.27. The molecule has 0 saturated heterocycles. The van der Waals surface area contributed by atoms with Crippen molar-refractivity contribution in [1.82, 2.24) is 14.1 Å². The molecule has 0 aliphatic heterocycles. The van der Waals surface area contributed by atoms with Crippen molar-refractivity contribution in [2.75, 3.05) is 6.54 Å². The highest BCUT2D eigenvalue weighted by Crippen LogP contribution is 2.22. The minimum Gasteiger partial charge on any atom is -0.494 e. The van der Waals surface area contributed by atoms with Gasteiger partial charge in [-0.25, -0.2) is 0 Å². The quantitative estimate of drug-likeness (QED) is 0.267. The fourth-order valence-corrected chi connectivity index (χ4v) is 4.40. The lowest BCUT2D eigenvalue weighted by Gasteiger charge is -2.16. The maximum Gasteiger partial charge on any atom is 0.271 e. The lowest BCUT2D eigenvalue weighted by atomic mass is 10.1. The Hall–Kier alpha value is -4.23. The van der Waals surface area contributed by atoms with Crippen LogP contribution in [0, 0.1) is 4.77 Å². The summed E-state index contributed by atoms with van der Waals surface area (Å²) in [5.74, 6) is -0.232. The largest absolute Gasteiger partial charge is 0.494 e. The first kappa shape index (κ1) is 21.6. The molecule has 7 heteroatoms. The third-order valence-electron chi connectivity index (χ3n) is 5.70. The third kappa shape index (κ3) is 3.97. The predicted octanol–water partition coefficient (Wildman–Crippen LogP) is 5.21. The number of nitrogens with zero attached hydrogens (tertiary/aromatic N) is 3. The second-order valence-corrected chi connectivity index (χ2v) is 8.18. The number of hydrogen-bond donors (Lipinski definition) is 2. The SMILES string of the molecule is O=c1c(C=NCCc2c[nH]c3ccccc23)c(O)n(-c2ccccc2)c(=S)n1-c1ccccc1. The Bertz CT molecular complexity index is 1600. The van der Waals surface area contributed by atoms with Gasteiger partial charge in [0.05, 0.1) is 11.4 Å². The normalized spacial score (nSPS) is 11.4. The Labute approximate surface area is 201 Å². The topological polar surface area (TPSA) is 75.3 Å². The number of aliphatic imine (C=N–C) groups is 1. The van der Waals surface area contributed by atoms with Crippen LogP contribution in [0.2, 0.25) is 0 Å². The van der Waals surface area contributed by atoms with Gasteiger partial charge in [-0.1, -0.05) is 54.6 Å². The Balaban J connectivity index is 1.56. The molecule has 0 radical (unpaired) electrons. The summed E-state index contributed by atoms with van der Waals surface area (Å²) in [6, 6.07) is 26.5. The van der Waals surface area contributed by atoms with Gasteiger partial charge in [-0.2, -0.15) is 0 Å². The van der Waals surface area contributed by atoms with E-state index in [0.717, 1.165) is 16.5 Å². The molecule has 6 nitrogen and oxygen atoms in total. The van der Waals surface area contributed by atoms with E-state index in [1.165, 1.54) is 15.3 Å². The molecule has 5 aromatic rings. The van der Waals surface area contributed by atoms with Gasteiger partial charge in [0.2, 0.25) is 5.88 Å². The second-order valence-electron chi connectivity index (χ2n) is 7.81. The molecule has 0 atom stereocenters. The van der Waals surface area contributed by atoms with Crippen LogP contribution in [0.15, 0.2) is 101 Å². The van der Waals surface area contributed by atoms with Crippen LogP contribution in [0.25, 0.3) is 22.3 Å². The number of fused-ring (bicyclic) bond motifs is 1. The number of benzene rings is 3. The van der Waals surface area contributed by atoms with E-state index in [1.54, 1.807) is 0 Å². The van der Waals surface area contributed by atoms with E-state index >= 15 is 0 Å². The summed E-state index contributed by atoms with van der Waals surface area (Å²) >= 11 is 5.64. The summed E-state index contributed by atoms with van der Waals surface area (Å²) in [4.78, 5) is 21.2. The van der Waals surface area contributed by atoms with Crippen LogP contribution in [0.1, 0.15) is 11.1 Å². The monoisotopic (exact) mass is 466 g/mol. The van der Waals surface area contributed by atoms with Gasteiger partial charge in [0.15, 0.2) is 4.77 Å². The zero-order chi connectivity index (χ0) is 23.5. The average Bonchev–Trinajstić information content (AvgIpc) is 3.28. The van der Waals surface area contributed by atoms with E-state index in [2.05, 4.69) is 16.0 Å². The number of hydrogen-bond acceptors (Lipinski definition) is 4. The number of aromatic hydroxyl groups is 1. The molecule has 168 valence electrons. The van der Waals surface area contributed by atoms with Crippen molar-refractivity contribution < 1.29 is 5.11 Å². The van der Waals surface area contributed by atoms with Crippen LogP contribution in [0.5, 0.6) is 5.88 Å². The Morgan fingerprint density at radius 3 is 2.21 bits per heavy atom. The predicted molar refractivity (Wildman–Crippen MR) is 138 cm³/mol. The number of H-pyrrole nitrogens is 1. The number of rotatable bonds is 6. The van der Waals surface area contributed by atoms with Crippen molar-refractivity contribution in [3.8, 4) is 17.3 Å². The second kappa shape index (κ2) is 9.33. The summed E-state index contributed by atoms with van der Waals surface area (Å²) in [5.41, 5.74) is 3.17. The van der Waals surface area contributed by atoms with Gasteiger partial charge >= 0.3 is 0 Å². The van der Waals surface area contributed by atoms with E-state index in [9.17, 15) is 9.90 Å². The van der Waals surface area contributed by atoms with Crippen molar-refractivity contribution in [2.24, 2.45) is 4.99 Å². The molecule has 0 fully saturated rings. The van der Waals surface area contributed by atoms with E-state index in [-0.39, 0.29) is 16.2 Å². The first-order chi connectivity index (χ1) is 16.6. The molecule has 0 amide bonds. The number of aromatic nitrogens is 3. The van der Waals surface area contributed by atoms with Crippen LogP contribution in [0.4, 0.5) is 0 Å². The molecule has 2 aromatic heterocycles. The number of nitrogens with one attached hydrogen (secondary N) is 1. The smallest absolute Gasteiger partial charge is 0.271 e. The molecule has 0 saturated carbocycles. The van der Waals surface area contributed by atoms with Gasteiger partial charge in [-0.05, 0) is 54.5 Å². The summed E-state index contributed by atoms with van der Waals surface area (Å²) in [6.45, 7) is 0.465. The molecule has 0 aliphatic rings. The van der Waals surface area contributed by atoms with E-state index < -0.39 is 5.56 Å². The van der Waals surface area contributed by atoms with Crippen molar-refractivity contribution in [3.05, 3.63) is 117 Å². The molecule has 34 heavy (non-hydrogen) atoms. The highest BCUT2D eigenvalue weighted by atomic mass is 32.1. The van der Waals surface area contributed by atoms with Crippen LogP contribution in [0.3, 0.4) is 0 Å². The highest BCUT2D eigenvalue weighted by Gasteiger charge is 2.17. The molecule has 5 rings (SSSR count). The van der Waals surface area contributed by atoms with Gasteiger partial charge < -0.3 is 10.1 Å². The lowest BCUT2D eigenvalue weighted by molar-refractivity contribution is 0.430. The Morgan fingerprint density at radius 2 is 1.50 bits per heavy atom. The zero-order valence-corrected chi connectivity index (χ0v) is 19.1. The maximum absolute atomic E-state index is 13.4. The summed E-state index contributed by atoms with van der Waals surface area (Å²) < 4.78 is 3.09. The first-order valence-corrected chi connectivity index (χ1v) is 11.3. The molecular formula is C27H22N4O2S. The minimum absolute atomic E-state index is 0.0835. The number of aromatic amines is 1. The Kier molecular flexibility index (Phi) is 5.93. The molecule has 0 spiro atoms. The van der Waals surface area contributed by atoms with Gasteiger partial charge in [0.25, 0.3) is 5.56 Å². The molecule has 2 heterocycles. The minimum atomic E-state index is -0.420.